The molecule has 0 aliphatic carbocycles. The molecule has 0 radical (unpaired) electrons. The molecule has 130 valence electrons. The molecule has 0 bridgehead atoms. The predicted molar refractivity (Wildman–Crippen MR) is 96.4 cm³/mol. The van der Waals surface area contributed by atoms with Crippen LogP contribution in [0, 0.1) is 0 Å². The summed E-state index contributed by atoms with van der Waals surface area (Å²) < 4.78 is 16.2. The minimum Gasteiger partial charge on any atom is -0.472 e. The summed E-state index contributed by atoms with van der Waals surface area (Å²) in [5.41, 5.74) is 2.64. The first kappa shape index (κ1) is 17.4. The minimum atomic E-state index is -0.451. The van der Waals surface area contributed by atoms with Gasteiger partial charge in [-0.15, -0.1) is 0 Å². The molecule has 1 aromatic heterocycles. The summed E-state index contributed by atoms with van der Waals surface area (Å²) in [6.45, 7) is 0.270. The fourth-order valence-electron chi connectivity index (χ4n) is 2.58. The van der Waals surface area contributed by atoms with Crippen LogP contribution in [0.3, 0.4) is 0 Å². The van der Waals surface area contributed by atoms with Crippen LogP contribution in [0.25, 0.3) is 22.0 Å². The number of methoxy groups -OCH3 is 2. The van der Waals surface area contributed by atoms with E-state index in [1.807, 2.05) is 54.6 Å². The van der Waals surface area contributed by atoms with Gasteiger partial charge in [-0.1, -0.05) is 42.5 Å². The first-order valence-electron chi connectivity index (χ1n) is 8.03. The van der Waals surface area contributed by atoms with Crippen molar-refractivity contribution in [2.24, 2.45) is 0 Å². The second-order valence-corrected chi connectivity index (χ2v) is 5.60. The monoisotopic (exact) mass is 339 g/mol. The van der Waals surface area contributed by atoms with Gasteiger partial charge in [-0.2, -0.15) is 0 Å². The number of hydrogen-bond acceptors (Lipinski definition) is 5. The van der Waals surface area contributed by atoms with Crippen LogP contribution in [0.15, 0.2) is 54.6 Å². The van der Waals surface area contributed by atoms with E-state index in [1.165, 1.54) is 0 Å². The molecule has 0 aliphatic heterocycles. The van der Waals surface area contributed by atoms with Crippen molar-refractivity contribution in [3.05, 3.63) is 60.2 Å². The Labute approximate surface area is 146 Å². The van der Waals surface area contributed by atoms with Gasteiger partial charge in [0, 0.05) is 25.2 Å². The van der Waals surface area contributed by atoms with Crippen LogP contribution in [0.4, 0.5) is 0 Å². The fourth-order valence-corrected chi connectivity index (χ4v) is 2.58. The highest BCUT2D eigenvalue weighted by molar-refractivity contribution is 5.90. The van der Waals surface area contributed by atoms with Gasteiger partial charge in [0.15, 0.2) is 6.29 Å². The first-order valence-corrected chi connectivity index (χ1v) is 8.03. The van der Waals surface area contributed by atoms with Gasteiger partial charge in [0.1, 0.15) is 6.61 Å². The van der Waals surface area contributed by atoms with Crippen molar-refractivity contribution in [1.82, 2.24) is 4.98 Å². The summed E-state index contributed by atoms with van der Waals surface area (Å²) >= 11 is 0. The minimum absolute atomic E-state index is 0.0230. The molecule has 1 N–H and O–H groups in total. The van der Waals surface area contributed by atoms with Crippen molar-refractivity contribution in [2.75, 3.05) is 20.8 Å². The van der Waals surface area contributed by atoms with Crippen LogP contribution in [-0.2, 0) is 16.1 Å². The normalized spacial score (nSPS) is 11.2. The van der Waals surface area contributed by atoms with Gasteiger partial charge in [-0.25, -0.2) is 4.98 Å². The third-order valence-electron chi connectivity index (χ3n) is 4.02. The fraction of sp³-hybridized carbons (Fsp3) is 0.250. The highest BCUT2D eigenvalue weighted by Gasteiger charge is 2.12. The van der Waals surface area contributed by atoms with Crippen molar-refractivity contribution in [2.45, 2.75) is 12.9 Å². The van der Waals surface area contributed by atoms with E-state index in [0.29, 0.717) is 5.88 Å². The number of fused-ring (bicyclic) bond motifs is 1. The smallest absolute Gasteiger partial charge is 0.222 e. The molecule has 3 aromatic rings. The van der Waals surface area contributed by atoms with Crippen molar-refractivity contribution < 1.29 is 19.3 Å². The lowest BCUT2D eigenvalue weighted by molar-refractivity contribution is -0.122. The molecular weight excluding hydrogens is 318 g/mol. The molecular formula is C20H21NO4. The maximum absolute atomic E-state index is 9.19. The summed E-state index contributed by atoms with van der Waals surface area (Å²) in [6, 6.07) is 17.6. The number of pyridine rings is 1. The Morgan fingerprint density at radius 1 is 1.00 bits per heavy atom. The number of ether oxygens (including phenoxy) is 3. The number of aromatic nitrogens is 1. The van der Waals surface area contributed by atoms with Crippen molar-refractivity contribution in [3.63, 3.8) is 0 Å². The van der Waals surface area contributed by atoms with Crippen LogP contribution in [0.2, 0.25) is 0 Å². The largest absolute Gasteiger partial charge is 0.472 e. The van der Waals surface area contributed by atoms with Crippen LogP contribution < -0.4 is 4.74 Å². The summed E-state index contributed by atoms with van der Waals surface area (Å²) in [6.07, 6.45) is -0.451. The quantitative estimate of drug-likeness (QED) is 0.669. The van der Waals surface area contributed by atoms with E-state index in [1.54, 1.807) is 14.2 Å². The second-order valence-electron chi connectivity index (χ2n) is 5.60. The number of hydrogen-bond donors (Lipinski definition) is 1. The zero-order valence-corrected chi connectivity index (χ0v) is 14.3. The summed E-state index contributed by atoms with van der Waals surface area (Å²) in [5, 5.41) is 11.2. The third-order valence-corrected chi connectivity index (χ3v) is 4.02. The number of rotatable bonds is 7. The Hall–Kier alpha value is -2.47. The zero-order valence-electron chi connectivity index (χ0n) is 14.3. The molecule has 0 aliphatic rings. The van der Waals surface area contributed by atoms with E-state index >= 15 is 0 Å². The SMILES string of the molecule is COC(COc1nc(-c2ccc(CO)cc2)cc2ccccc12)OC. The number of aliphatic hydroxyl groups excluding tert-OH is 1. The molecule has 0 atom stereocenters. The van der Waals surface area contributed by atoms with Crippen molar-refractivity contribution in [3.8, 4) is 17.1 Å². The Kier molecular flexibility index (Phi) is 5.60. The van der Waals surface area contributed by atoms with Crippen LogP contribution in [0.5, 0.6) is 5.88 Å². The van der Waals surface area contributed by atoms with E-state index < -0.39 is 6.29 Å². The van der Waals surface area contributed by atoms with Gasteiger partial charge in [-0.05, 0) is 23.1 Å². The van der Waals surface area contributed by atoms with Gasteiger partial charge in [0.2, 0.25) is 5.88 Å². The van der Waals surface area contributed by atoms with Gasteiger partial charge in [0.05, 0.1) is 12.3 Å². The first-order chi connectivity index (χ1) is 12.2. The zero-order chi connectivity index (χ0) is 17.6. The average Bonchev–Trinajstić information content (AvgIpc) is 2.68. The van der Waals surface area contributed by atoms with E-state index in [9.17, 15) is 5.11 Å². The van der Waals surface area contributed by atoms with Crippen LogP contribution in [-0.4, -0.2) is 37.2 Å². The lowest BCUT2D eigenvalue weighted by Gasteiger charge is -2.16. The van der Waals surface area contributed by atoms with E-state index in [0.717, 1.165) is 27.6 Å². The molecule has 0 spiro atoms. The summed E-state index contributed by atoms with van der Waals surface area (Å²) in [5.74, 6) is 0.540. The molecule has 3 rings (SSSR count). The van der Waals surface area contributed by atoms with Gasteiger partial charge in [0.25, 0.3) is 0 Å². The molecule has 0 saturated carbocycles. The van der Waals surface area contributed by atoms with Gasteiger partial charge < -0.3 is 19.3 Å². The van der Waals surface area contributed by atoms with Gasteiger partial charge >= 0.3 is 0 Å². The Balaban J connectivity index is 1.99. The molecule has 25 heavy (non-hydrogen) atoms. The van der Waals surface area contributed by atoms with Gasteiger partial charge in [-0.3, -0.25) is 0 Å². The topological polar surface area (TPSA) is 60.8 Å². The van der Waals surface area contributed by atoms with E-state index in [2.05, 4.69) is 4.98 Å². The molecule has 5 heteroatoms. The Morgan fingerprint density at radius 3 is 2.40 bits per heavy atom. The average molecular weight is 339 g/mol. The Bertz CT molecular complexity index is 829. The predicted octanol–water partition coefficient (Wildman–Crippen LogP) is 3.39. The lowest BCUT2D eigenvalue weighted by Crippen LogP contribution is -2.22. The molecule has 0 saturated heterocycles. The molecule has 0 amide bonds. The van der Waals surface area contributed by atoms with Crippen molar-refractivity contribution >= 4 is 10.8 Å². The lowest BCUT2D eigenvalue weighted by atomic mass is 10.1. The molecule has 2 aromatic carbocycles. The highest BCUT2D eigenvalue weighted by Crippen LogP contribution is 2.29. The van der Waals surface area contributed by atoms with E-state index in [-0.39, 0.29) is 13.2 Å². The third kappa shape index (κ3) is 3.96. The molecule has 1 heterocycles. The maximum Gasteiger partial charge on any atom is 0.222 e. The van der Waals surface area contributed by atoms with Crippen molar-refractivity contribution in [1.29, 1.82) is 0 Å². The highest BCUT2D eigenvalue weighted by atomic mass is 16.7. The molecule has 0 unspecified atom stereocenters. The standard InChI is InChI=1S/C20H21NO4/c1-23-19(24-2)13-25-20-17-6-4-3-5-16(17)11-18(21-20)15-9-7-14(12-22)8-10-15/h3-11,19,22H,12-13H2,1-2H3. The molecule has 5 nitrogen and oxygen atoms in total. The Morgan fingerprint density at radius 2 is 1.72 bits per heavy atom. The van der Waals surface area contributed by atoms with Crippen LogP contribution >= 0.6 is 0 Å². The maximum atomic E-state index is 9.19. The van der Waals surface area contributed by atoms with Crippen LogP contribution in [0.1, 0.15) is 5.56 Å². The van der Waals surface area contributed by atoms with E-state index in [4.69, 9.17) is 14.2 Å². The summed E-state index contributed by atoms with van der Waals surface area (Å²) in [4.78, 5) is 4.67. The number of benzene rings is 2. The molecule has 0 fully saturated rings. The number of aliphatic hydroxyl groups is 1. The number of nitrogens with zero attached hydrogens (tertiary/aromatic N) is 1. The summed E-state index contributed by atoms with van der Waals surface area (Å²) in [7, 11) is 3.14. The second kappa shape index (κ2) is 8.07.